The van der Waals surface area contributed by atoms with E-state index in [2.05, 4.69) is 0 Å². The number of amides is 2. The van der Waals surface area contributed by atoms with Crippen molar-refractivity contribution in [3.63, 3.8) is 0 Å². The maximum Gasteiger partial charge on any atom is 0.230 e. The molecule has 0 radical (unpaired) electrons. The van der Waals surface area contributed by atoms with Crippen LogP contribution in [0.25, 0.3) is 0 Å². The highest BCUT2D eigenvalue weighted by molar-refractivity contribution is 5.95. The zero-order valence-corrected chi connectivity index (χ0v) is 18.4. The van der Waals surface area contributed by atoms with Gasteiger partial charge in [-0.05, 0) is 42.7 Å². The number of hydrogen-bond donors (Lipinski definition) is 0. The number of ether oxygens (including phenoxy) is 1. The Morgan fingerprint density at radius 2 is 1.60 bits per heavy atom. The lowest BCUT2D eigenvalue weighted by atomic mass is 9.90. The van der Waals surface area contributed by atoms with Crippen LogP contribution < -0.4 is 9.64 Å². The van der Waals surface area contributed by atoms with E-state index in [0.717, 1.165) is 17.0 Å². The second kappa shape index (κ2) is 9.33. The van der Waals surface area contributed by atoms with Gasteiger partial charge in [0.05, 0.1) is 13.7 Å². The van der Waals surface area contributed by atoms with Crippen LogP contribution in [0.1, 0.15) is 39.2 Å². The van der Waals surface area contributed by atoms with Gasteiger partial charge in [0, 0.05) is 30.1 Å². The molecular weight excluding hydrogens is 376 g/mol. The lowest BCUT2D eigenvalue weighted by molar-refractivity contribution is -0.142. The van der Waals surface area contributed by atoms with Gasteiger partial charge in [0.15, 0.2) is 0 Å². The summed E-state index contributed by atoms with van der Waals surface area (Å²) < 4.78 is 5.26. The Bertz CT molecular complexity index is 848. The van der Waals surface area contributed by atoms with Gasteiger partial charge in [0.2, 0.25) is 11.8 Å². The molecule has 2 aromatic carbocycles. The lowest BCUT2D eigenvalue weighted by Gasteiger charge is -2.37. The first-order valence-electron chi connectivity index (χ1n) is 10.6. The molecule has 0 aliphatic carbocycles. The van der Waals surface area contributed by atoms with Crippen LogP contribution in [-0.4, -0.2) is 36.9 Å². The number of carbonyl (C=O) groups is 2. The second-order valence-corrected chi connectivity index (χ2v) is 8.92. The summed E-state index contributed by atoms with van der Waals surface area (Å²) in [6, 6.07) is 17.6. The molecule has 1 aliphatic heterocycles. The molecule has 1 saturated heterocycles. The van der Waals surface area contributed by atoms with E-state index >= 15 is 0 Å². The van der Waals surface area contributed by atoms with E-state index in [1.165, 1.54) is 0 Å². The molecule has 2 aromatic rings. The van der Waals surface area contributed by atoms with Gasteiger partial charge in [-0.25, -0.2) is 0 Å². The predicted octanol–water partition coefficient (Wildman–Crippen LogP) is 4.51. The number of piperidine rings is 1. The van der Waals surface area contributed by atoms with Crippen molar-refractivity contribution in [1.82, 2.24) is 4.90 Å². The molecule has 0 bridgehead atoms. The quantitative estimate of drug-likeness (QED) is 0.731. The van der Waals surface area contributed by atoms with Gasteiger partial charge in [0.25, 0.3) is 0 Å². The summed E-state index contributed by atoms with van der Waals surface area (Å²) in [5.74, 6) is 0.955. The molecule has 0 spiro atoms. The highest BCUT2D eigenvalue weighted by Crippen LogP contribution is 2.28. The van der Waals surface area contributed by atoms with E-state index in [1.807, 2.05) is 85.2 Å². The van der Waals surface area contributed by atoms with Gasteiger partial charge >= 0.3 is 0 Å². The van der Waals surface area contributed by atoms with E-state index in [1.54, 1.807) is 7.11 Å². The van der Waals surface area contributed by atoms with Crippen LogP contribution in [0.15, 0.2) is 54.6 Å². The first-order valence-corrected chi connectivity index (χ1v) is 10.6. The van der Waals surface area contributed by atoms with Gasteiger partial charge in [-0.15, -0.1) is 0 Å². The highest BCUT2D eigenvalue weighted by atomic mass is 16.5. The third-order valence-corrected chi connectivity index (χ3v) is 5.61. The number of likely N-dealkylation sites (tertiary alicyclic amines) is 1. The Morgan fingerprint density at radius 3 is 2.13 bits per heavy atom. The maximum atomic E-state index is 13.5. The van der Waals surface area contributed by atoms with E-state index in [-0.39, 0.29) is 23.1 Å². The molecule has 0 atom stereocenters. The molecule has 0 saturated carbocycles. The van der Waals surface area contributed by atoms with E-state index in [9.17, 15) is 9.59 Å². The topological polar surface area (TPSA) is 49.9 Å². The van der Waals surface area contributed by atoms with E-state index in [0.29, 0.717) is 32.5 Å². The van der Waals surface area contributed by atoms with Crippen molar-refractivity contribution in [3.05, 3.63) is 60.2 Å². The minimum Gasteiger partial charge on any atom is -0.497 e. The number of nitrogens with zero attached hydrogens (tertiary/aromatic N) is 2. The monoisotopic (exact) mass is 408 g/mol. The summed E-state index contributed by atoms with van der Waals surface area (Å²) >= 11 is 0. The summed E-state index contributed by atoms with van der Waals surface area (Å²) in [5.41, 5.74) is 1.55. The molecule has 0 N–H and O–H groups in total. The van der Waals surface area contributed by atoms with Crippen molar-refractivity contribution in [1.29, 1.82) is 0 Å². The molecule has 3 rings (SSSR count). The predicted molar refractivity (Wildman–Crippen MR) is 119 cm³/mol. The summed E-state index contributed by atoms with van der Waals surface area (Å²) in [6.07, 6.45) is 1.39. The van der Waals surface area contributed by atoms with Crippen LogP contribution in [0, 0.1) is 11.3 Å². The average Bonchev–Trinajstić information content (AvgIpc) is 2.77. The minimum absolute atomic E-state index is 0.0835. The van der Waals surface area contributed by atoms with Crippen LogP contribution in [0.5, 0.6) is 5.75 Å². The van der Waals surface area contributed by atoms with Crippen LogP contribution in [0.2, 0.25) is 0 Å². The number of carbonyl (C=O) groups excluding carboxylic acids is 2. The second-order valence-electron chi connectivity index (χ2n) is 8.92. The summed E-state index contributed by atoms with van der Waals surface area (Å²) in [4.78, 5) is 29.9. The van der Waals surface area contributed by atoms with Crippen molar-refractivity contribution < 1.29 is 14.3 Å². The smallest absolute Gasteiger partial charge is 0.230 e. The Balaban J connectivity index is 1.76. The van der Waals surface area contributed by atoms with Crippen LogP contribution in [0.4, 0.5) is 5.69 Å². The van der Waals surface area contributed by atoms with Crippen molar-refractivity contribution >= 4 is 17.5 Å². The molecule has 2 amide bonds. The molecule has 1 aliphatic rings. The highest BCUT2D eigenvalue weighted by Gasteiger charge is 2.34. The van der Waals surface area contributed by atoms with Crippen LogP contribution in [-0.2, 0) is 16.1 Å². The fourth-order valence-corrected chi connectivity index (χ4v) is 3.85. The average molecular weight is 409 g/mol. The fraction of sp³-hybridized carbons (Fsp3) is 0.440. The fourth-order valence-electron chi connectivity index (χ4n) is 3.85. The lowest BCUT2D eigenvalue weighted by Crippen LogP contribution is -2.47. The zero-order chi connectivity index (χ0) is 21.7. The maximum absolute atomic E-state index is 13.5. The molecule has 5 heteroatoms. The minimum atomic E-state index is -0.390. The van der Waals surface area contributed by atoms with E-state index in [4.69, 9.17) is 4.74 Å². The van der Waals surface area contributed by atoms with Crippen molar-refractivity contribution in [3.8, 4) is 5.75 Å². The number of benzene rings is 2. The first-order chi connectivity index (χ1) is 14.3. The Morgan fingerprint density at radius 1 is 1.00 bits per heavy atom. The Kier molecular flexibility index (Phi) is 6.80. The normalized spacial score (nSPS) is 15.0. The molecule has 5 nitrogen and oxygen atoms in total. The van der Waals surface area contributed by atoms with Gasteiger partial charge in [0.1, 0.15) is 5.75 Å². The van der Waals surface area contributed by atoms with Crippen molar-refractivity contribution in [2.45, 2.75) is 40.2 Å². The molecule has 0 aromatic heterocycles. The third-order valence-electron chi connectivity index (χ3n) is 5.61. The van der Waals surface area contributed by atoms with Gasteiger partial charge in [-0.3, -0.25) is 9.59 Å². The molecule has 30 heavy (non-hydrogen) atoms. The number of methoxy groups -OCH3 is 1. The molecule has 0 unspecified atom stereocenters. The van der Waals surface area contributed by atoms with Gasteiger partial charge in [-0.2, -0.15) is 0 Å². The molecule has 1 heterocycles. The van der Waals surface area contributed by atoms with E-state index < -0.39 is 0 Å². The molecule has 1 fully saturated rings. The molecule has 160 valence electrons. The van der Waals surface area contributed by atoms with Crippen molar-refractivity contribution in [2.75, 3.05) is 25.1 Å². The van der Waals surface area contributed by atoms with Gasteiger partial charge < -0.3 is 14.5 Å². The molecular formula is C25H32N2O3. The number of rotatable bonds is 5. The first kappa shape index (κ1) is 21.9. The SMILES string of the molecule is COc1ccc(N(Cc2ccccc2)C(=O)C2CCN(C(=O)C(C)(C)C)CC2)cc1. The third kappa shape index (κ3) is 5.21. The van der Waals surface area contributed by atoms with Crippen LogP contribution >= 0.6 is 0 Å². The van der Waals surface area contributed by atoms with Crippen molar-refractivity contribution in [2.24, 2.45) is 11.3 Å². The summed E-state index contributed by atoms with van der Waals surface area (Å²) in [7, 11) is 1.63. The largest absolute Gasteiger partial charge is 0.497 e. The Labute approximate surface area is 179 Å². The zero-order valence-electron chi connectivity index (χ0n) is 18.4. The summed E-state index contributed by atoms with van der Waals surface area (Å²) in [6.45, 7) is 7.61. The summed E-state index contributed by atoms with van der Waals surface area (Å²) in [5, 5.41) is 0. The Hall–Kier alpha value is -2.82. The van der Waals surface area contributed by atoms with Gasteiger partial charge in [-0.1, -0.05) is 51.1 Å². The standard InChI is InChI=1S/C25H32N2O3/c1-25(2,3)24(29)26-16-14-20(15-17-26)23(28)27(18-19-8-6-5-7-9-19)21-10-12-22(30-4)13-11-21/h5-13,20H,14-18H2,1-4H3. The number of anilines is 1. The van der Waals surface area contributed by atoms with Crippen LogP contribution in [0.3, 0.4) is 0 Å². The number of hydrogen-bond acceptors (Lipinski definition) is 3.